The summed E-state index contributed by atoms with van der Waals surface area (Å²) in [7, 11) is 0. The van der Waals surface area contributed by atoms with Gasteiger partial charge in [-0.25, -0.2) is 4.79 Å². The van der Waals surface area contributed by atoms with Crippen molar-refractivity contribution in [1.29, 1.82) is 0 Å². The van der Waals surface area contributed by atoms with Crippen LogP contribution in [-0.4, -0.2) is 40.2 Å². The van der Waals surface area contributed by atoms with Crippen molar-refractivity contribution in [2.24, 2.45) is 0 Å². The second-order valence-corrected chi connectivity index (χ2v) is 7.76. The Hall–Kier alpha value is -1.05. The molecule has 0 bridgehead atoms. The molecule has 21 heavy (non-hydrogen) atoms. The fourth-order valence-corrected chi connectivity index (χ4v) is 5.00. The standard InChI is InChI=1S/C14H19NO4S2/c1-4-19-14(17)12-13-10(6-7-15(12)9(3)16)8-11(20-13)21(18)5-2/h8,12H,4-7H2,1-3H3. The summed E-state index contributed by atoms with van der Waals surface area (Å²) in [5.74, 6) is -0.0190. The Morgan fingerprint density at radius 3 is 2.81 bits per heavy atom. The first-order valence-corrected chi connectivity index (χ1v) is 9.07. The number of thiophene rings is 1. The third kappa shape index (κ3) is 3.25. The lowest BCUT2D eigenvalue weighted by atomic mass is 10.0. The topological polar surface area (TPSA) is 69.7 Å². The molecular formula is C14H19NO4S2. The van der Waals surface area contributed by atoms with Gasteiger partial charge in [0.1, 0.15) is 5.75 Å². The highest BCUT2D eigenvalue weighted by atomic mass is 32.2. The summed E-state index contributed by atoms with van der Waals surface area (Å²) in [4.78, 5) is 26.4. The van der Waals surface area contributed by atoms with E-state index in [2.05, 4.69) is 0 Å². The Morgan fingerprint density at radius 2 is 2.24 bits per heavy atom. The quantitative estimate of drug-likeness (QED) is 0.625. The molecule has 7 heteroatoms. The van der Waals surface area contributed by atoms with Crippen LogP contribution in [0, 0.1) is 0 Å². The molecule has 1 aromatic heterocycles. The minimum absolute atomic E-state index is 0.148. The van der Waals surface area contributed by atoms with E-state index in [1.807, 2.05) is 13.0 Å². The fraction of sp³-hybridized carbons (Fsp3) is 0.571. The van der Waals surface area contributed by atoms with Crippen LogP contribution in [-0.2, 0) is 31.9 Å². The predicted octanol–water partition coefficient (Wildman–Crippen LogP) is 1.88. The highest BCUT2D eigenvalue weighted by Gasteiger charge is 2.38. The summed E-state index contributed by atoms with van der Waals surface area (Å²) < 4.78 is 17.9. The van der Waals surface area contributed by atoms with Crippen LogP contribution in [0.2, 0.25) is 0 Å². The molecule has 2 unspecified atom stereocenters. The predicted molar refractivity (Wildman–Crippen MR) is 81.7 cm³/mol. The minimum atomic E-state index is -1.05. The number of carbonyl (C=O) groups excluding carboxylic acids is 2. The first kappa shape index (κ1) is 16.3. The monoisotopic (exact) mass is 329 g/mol. The van der Waals surface area contributed by atoms with Crippen molar-refractivity contribution in [2.75, 3.05) is 18.9 Å². The van der Waals surface area contributed by atoms with Crippen LogP contribution >= 0.6 is 11.3 Å². The summed E-state index contributed by atoms with van der Waals surface area (Å²) in [6.45, 7) is 5.82. The third-order valence-electron chi connectivity index (χ3n) is 3.40. The molecule has 0 saturated carbocycles. The van der Waals surface area contributed by atoms with Gasteiger partial charge < -0.3 is 14.2 Å². The molecule has 0 N–H and O–H groups in total. The van der Waals surface area contributed by atoms with Crippen molar-refractivity contribution in [1.82, 2.24) is 4.90 Å². The van der Waals surface area contributed by atoms with E-state index in [1.54, 1.807) is 6.92 Å². The van der Waals surface area contributed by atoms with Crippen LogP contribution in [0.3, 0.4) is 0 Å². The molecular weight excluding hydrogens is 310 g/mol. The van der Waals surface area contributed by atoms with E-state index in [-0.39, 0.29) is 12.5 Å². The van der Waals surface area contributed by atoms with Crippen LogP contribution in [0.5, 0.6) is 0 Å². The lowest BCUT2D eigenvalue weighted by Gasteiger charge is -2.32. The summed E-state index contributed by atoms with van der Waals surface area (Å²) >= 11 is 0.310. The zero-order valence-electron chi connectivity index (χ0n) is 12.4. The number of rotatable bonds is 4. The van der Waals surface area contributed by atoms with Crippen molar-refractivity contribution in [3.05, 3.63) is 16.5 Å². The first-order valence-electron chi connectivity index (χ1n) is 6.94. The van der Waals surface area contributed by atoms with Crippen LogP contribution in [0.4, 0.5) is 0 Å². The van der Waals surface area contributed by atoms with Crippen molar-refractivity contribution in [2.45, 2.75) is 37.4 Å². The summed E-state index contributed by atoms with van der Waals surface area (Å²) in [6.07, 6.45) is 0.683. The van der Waals surface area contributed by atoms with Gasteiger partial charge in [0.2, 0.25) is 10.1 Å². The largest absolute Gasteiger partial charge is 0.611 e. The molecule has 1 aliphatic heterocycles. The number of fused-ring (bicyclic) bond motifs is 1. The molecule has 0 aliphatic carbocycles. The number of carbonyl (C=O) groups is 2. The maximum atomic E-state index is 12.2. The van der Waals surface area contributed by atoms with Gasteiger partial charge in [-0.1, -0.05) is 11.3 Å². The summed E-state index contributed by atoms with van der Waals surface area (Å²) in [6, 6.07) is 1.21. The molecule has 2 heterocycles. The number of hydrogen-bond donors (Lipinski definition) is 0. The van der Waals surface area contributed by atoms with Gasteiger partial charge >= 0.3 is 5.97 Å². The van der Waals surface area contributed by atoms with Crippen molar-refractivity contribution in [3.63, 3.8) is 0 Å². The van der Waals surface area contributed by atoms with E-state index < -0.39 is 23.2 Å². The van der Waals surface area contributed by atoms with E-state index in [0.717, 1.165) is 14.6 Å². The minimum Gasteiger partial charge on any atom is -0.611 e. The SMILES string of the molecule is CCOC(=O)C1c2sc([S+]([O-])CC)cc2CCN1C(C)=O. The van der Waals surface area contributed by atoms with Crippen LogP contribution in [0.25, 0.3) is 0 Å². The molecule has 1 aromatic rings. The van der Waals surface area contributed by atoms with Gasteiger partial charge in [0, 0.05) is 24.4 Å². The van der Waals surface area contributed by atoms with Gasteiger partial charge in [-0.3, -0.25) is 4.79 Å². The Kier molecular flexibility index (Phi) is 5.29. The van der Waals surface area contributed by atoms with E-state index in [4.69, 9.17) is 4.74 Å². The Labute approximate surface area is 131 Å². The van der Waals surface area contributed by atoms with Gasteiger partial charge in [-0.2, -0.15) is 0 Å². The molecule has 116 valence electrons. The molecule has 0 saturated heterocycles. The van der Waals surface area contributed by atoms with E-state index in [9.17, 15) is 14.1 Å². The highest BCUT2D eigenvalue weighted by molar-refractivity contribution is 7.93. The lowest BCUT2D eigenvalue weighted by molar-refractivity contribution is -0.155. The maximum Gasteiger partial charge on any atom is 0.334 e. The number of esters is 1. The lowest BCUT2D eigenvalue weighted by Crippen LogP contribution is -2.42. The van der Waals surface area contributed by atoms with Crippen LogP contribution in [0.15, 0.2) is 10.3 Å². The van der Waals surface area contributed by atoms with Gasteiger partial charge in [0.25, 0.3) is 0 Å². The molecule has 0 radical (unpaired) electrons. The molecule has 0 spiro atoms. The summed E-state index contributed by atoms with van der Waals surface area (Å²) in [5.41, 5.74) is 1.01. The molecule has 2 atom stereocenters. The van der Waals surface area contributed by atoms with Crippen molar-refractivity contribution in [3.8, 4) is 0 Å². The number of ether oxygens (including phenoxy) is 1. The molecule has 5 nitrogen and oxygen atoms in total. The molecule has 2 rings (SSSR count). The zero-order chi connectivity index (χ0) is 15.6. The maximum absolute atomic E-state index is 12.2. The Balaban J connectivity index is 2.40. The first-order chi connectivity index (χ1) is 9.99. The third-order valence-corrected chi connectivity index (χ3v) is 6.33. The number of amides is 1. The average molecular weight is 329 g/mol. The van der Waals surface area contributed by atoms with Gasteiger partial charge in [-0.15, -0.1) is 0 Å². The molecule has 0 aromatic carbocycles. The van der Waals surface area contributed by atoms with E-state index in [0.29, 0.717) is 18.7 Å². The van der Waals surface area contributed by atoms with E-state index >= 15 is 0 Å². The molecule has 0 fully saturated rings. The van der Waals surface area contributed by atoms with Gasteiger partial charge in [0.05, 0.1) is 6.61 Å². The van der Waals surface area contributed by atoms with Crippen LogP contribution in [0.1, 0.15) is 37.3 Å². The van der Waals surface area contributed by atoms with Crippen LogP contribution < -0.4 is 0 Å². The zero-order valence-corrected chi connectivity index (χ0v) is 14.0. The number of hydrogen-bond acceptors (Lipinski definition) is 5. The fourth-order valence-electron chi connectivity index (χ4n) is 2.40. The van der Waals surface area contributed by atoms with Crippen molar-refractivity contribution < 1.29 is 18.9 Å². The Morgan fingerprint density at radius 1 is 1.52 bits per heavy atom. The molecule has 1 amide bonds. The van der Waals surface area contributed by atoms with Crippen molar-refractivity contribution >= 4 is 34.4 Å². The van der Waals surface area contributed by atoms with Gasteiger partial charge in [-0.05, 0) is 37.0 Å². The summed E-state index contributed by atoms with van der Waals surface area (Å²) in [5, 5.41) is 0. The highest BCUT2D eigenvalue weighted by Crippen LogP contribution is 2.39. The average Bonchev–Trinajstić information content (AvgIpc) is 2.89. The normalized spacial score (nSPS) is 19.0. The second-order valence-electron chi connectivity index (χ2n) is 4.71. The molecule has 1 aliphatic rings. The van der Waals surface area contributed by atoms with E-state index in [1.165, 1.54) is 23.2 Å². The van der Waals surface area contributed by atoms with Gasteiger partial charge in [0.15, 0.2) is 6.04 Å². The second kappa shape index (κ2) is 6.81. The number of nitrogens with zero attached hydrogens (tertiary/aromatic N) is 1. The Bertz CT molecular complexity index is 543. The smallest absolute Gasteiger partial charge is 0.334 e.